The van der Waals surface area contributed by atoms with Gasteiger partial charge in [0.05, 0.1) is 5.56 Å². The Hall–Kier alpha value is -3.38. The lowest BCUT2D eigenvalue weighted by Crippen LogP contribution is -2.49. The van der Waals surface area contributed by atoms with Gasteiger partial charge in [-0.1, -0.05) is 6.58 Å². The van der Waals surface area contributed by atoms with Crippen LogP contribution >= 0.6 is 0 Å². The predicted molar refractivity (Wildman–Crippen MR) is 95.8 cm³/mol. The predicted octanol–water partition coefficient (Wildman–Crippen LogP) is 2.98. The van der Waals surface area contributed by atoms with Crippen molar-refractivity contribution in [1.82, 2.24) is 19.9 Å². The number of anilines is 1. The van der Waals surface area contributed by atoms with Crippen molar-refractivity contribution >= 4 is 17.4 Å². The van der Waals surface area contributed by atoms with Gasteiger partial charge in [0, 0.05) is 55.9 Å². The molecule has 2 aromatic heterocycles. The number of pyridine rings is 1. The van der Waals surface area contributed by atoms with Gasteiger partial charge >= 0.3 is 12.4 Å². The number of hydrogen-bond donors (Lipinski definition) is 1. The summed E-state index contributed by atoms with van der Waals surface area (Å²) in [5, 5.41) is 9.30. The van der Waals surface area contributed by atoms with E-state index in [-0.39, 0.29) is 43.3 Å². The number of carbonyl (C=O) groups excluding carboxylic acids is 1. The lowest BCUT2D eigenvalue weighted by Gasteiger charge is -2.35. The Morgan fingerprint density at radius 2 is 1.52 bits per heavy atom. The smallest absolute Gasteiger partial charge is 0.421 e. The van der Waals surface area contributed by atoms with E-state index in [0.29, 0.717) is 18.5 Å². The van der Waals surface area contributed by atoms with E-state index in [9.17, 15) is 36.2 Å². The highest BCUT2D eigenvalue weighted by Crippen LogP contribution is 2.36. The van der Waals surface area contributed by atoms with Gasteiger partial charge in [0.1, 0.15) is 5.56 Å². The molecule has 1 fully saturated rings. The number of nitrogens with zero attached hydrogens (tertiary/aromatic N) is 5. The van der Waals surface area contributed by atoms with Crippen molar-refractivity contribution in [1.29, 1.82) is 0 Å². The molecule has 1 N–H and O–H groups in total. The van der Waals surface area contributed by atoms with Gasteiger partial charge in [-0.15, -0.1) is 0 Å². The number of piperazine rings is 1. The summed E-state index contributed by atoms with van der Waals surface area (Å²) in [6.07, 6.45) is -7.17. The average molecular weight is 447 g/mol. The first-order valence-corrected chi connectivity index (χ1v) is 8.77. The molecule has 0 atom stereocenters. The Morgan fingerprint density at radius 1 is 0.935 bits per heavy atom. The highest BCUT2D eigenvalue weighted by Gasteiger charge is 2.36. The van der Waals surface area contributed by atoms with Crippen LogP contribution in [0.15, 0.2) is 31.2 Å². The Morgan fingerprint density at radius 3 is 2.03 bits per heavy atom. The zero-order valence-electron chi connectivity index (χ0n) is 15.7. The third-order valence-corrected chi connectivity index (χ3v) is 4.59. The minimum atomic E-state index is -4.86. The number of aromatic nitrogens is 3. The first-order valence-electron chi connectivity index (χ1n) is 8.77. The molecule has 1 saturated heterocycles. The average Bonchev–Trinajstić information content (AvgIpc) is 2.72. The molecule has 1 aliphatic rings. The molecule has 3 heterocycles. The van der Waals surface area contributed by atoms with Crippen LogP contribution in [0.3, 0.4) is 0 Å². The van der Waals surface area contributed by atoms with Crippen molar-refractivity contribution in [2.45, 2.75) is 12.4 Å². The van der Waals surface area contributed by atoms with E-state index in [1.54, 1.807) is 4.90 Å². The number of halogens is 6. The second kappa shape index (κ2) is 8.04. The Labute approximate surface area is 171 Å². The summed E-state index contributed by atoms with van der Waals surface area (Å²) in [4.78, 5) is 26.2. The fourth-order valence-corrected chi connectivity index (χ4v) is 2.89. The van der Waals surface area contributed by atoms with Crippen molar-refractivity contribution in [3.05, 3.63) is 47.9 Å². The van der Waals surface area contributed by atoms with Gasteiger partial charge in [-0.05, 0) is 6.07 Å². The molecule has 1 amide bonds. The molecule has 7 nitrogen and oxygen atoms in total. The van der Waals surface area contributed by atoms with Crippen LogP contribution in [0.4, 0.5) is 32.3 Å². The molecule has 0 bridgehead atoms. The number of rotatable bonds is 3. The maximum atomic E-state index is 12.9. The first-order chi connectivity index (χ1) is 14.4. The topological polar surface area (TPSA) is 82.5 Å². The summed E-state index contributed by atoms with van der Waals surface area (Å²) in [6.45, 7) is 4.19. The quantitative estimate of drug-likeness (QED) is 0.576. The van der Waals surface area contributed by atoms with Gasteiger partial charge in [-0.25, -0.2) is 15.0 Å². The molecule has 31 heavy (non-hydrogen) atoms. The SMILES string of the molecule is C=C(C(=O)N1CCN(c2ncc(C(F)(F)F)cn2)CC1)c1cnc(O)c(C(F)(F)F)c1. The first kappa shape index (κ1) is 22.3. The van der Waals surface area contributed by atoms with Crippen LogP contribution < -0.4 is 4.90 Å². The number of alkyl halides is 6. The monoisotopic (exact) mass is 447 g/mol. The normalized spacial score (nSPS) is 15.2. The van der Waals surface area contributed by atoms with Crippen LogP contribution in [-0.2, 0) is 17.1 Å². The van der Waals surface area contributed by atoms with Crippen LogP contribution in [-0.4, -0.2) is 57.0 Å². The third-order valence-electron chi connectivity index (χ3n) is 4.59. The van der Waals surface area contributed by atoms with E-state index >= 15 is 0 Å². The summed E-state index contributed by atoms with van der Waals surface area (Å²) >= 11 is 0. The van der Waals surface area contributed by atoms with Gasteiger partial charge in [-0.3, -0.25) is 4.79 Å². The molecule has 0 aliphatic carbocycles. The van der Waals surface area contributed by atoms with Gasteiger partial charge in [-0.2, -0.15) is 26.3 Å². The van der Waals surface area contributed by atoms with Crippen LogP contribution in [0.25, 0.3) is 5.57 Å². The molecule has 1 aliphatic heterocycles. The van der Waals surface area contributed by atoms with Gasteiger partial charge in [0.2, 0.25) is 11.8 Å². The van der Waals surface area contributed by atoms with E-state index < -0.39 is 35.3 Å². The standard InChI is InChI=1S/C18H15F6N5O2/c1-10(11-6-13(18(22,23)24)14(30)25-7-11)15(31)28-2-4-29(5-3-28)16-26-8-12(9-27-16)17(19,20)21/h6-9H,1-5H2,(H,25,30). The molecular weight excluding hydrogens is 432 g/mol. The Kier molecular flexibility index (Phi) is 5.79. The lowest BCUT2D eigenvalue weighted by atomic mass is 10.1. The summed E-state index contributed by atoms with van der Waals surface area (Å²) in [5.41, 5.74) is -2.80. The lowest BCUT2D eigenvalue weighted by molar-refractivity contribution is -0.139. The fourth-order valence-electron chi connectivity index (χ4n) is 2.89. The molecule has 0 saturated carbocycles. The number of hydrogen-bond acceptors (Lipinski definition) is 6. The summed E-state index contributed by atoms with van der Waals surface area (Å²) < 4.78 is 76.6. The van der Waals surface area contributed by atoms with E-state index in [1.807, 2.05) is 0 Å². The maximum absolute atomic E-state index is 12.9. The van der Waals surface area contributed by atoms with Gasteiger partial charge in [0.15, 0.2) is 0 Å². The minimum absolute atomic E-state index is 0.0662. The molecule has 166 valence electrons. The second-order valence-corrected chi connectivity index (χ2v) is 6.62. The van der Waals surface area contributed by atoms with Crippen LogP contribution in [0, 0.1) is 0 Å². The molecule has 0 radical (unpaired) electrons. The molecule has 0 unspecified atom stereocenters. The Balaban J connectivity index is 1.66. The molecule has 0 aromatic carbocycles. The minimum Gasteiger partial charge on any atom is -0.493 e. The zero-order chi connectivity index (χ0) is 23.0. The summed E-state index contributed by atoms with van der Waals surface area (Å²) in [5.74, 6) is -1.77. The third kappa shape index (κ3) is 4.86. The number of aromatic hydroxyl groups is 1. The van der Waals surface area contributed by atoms with E-state index in [1.165, 1.54) is 4.90 Å². The highest BCUT2D eigenvalue weighted by molar-refractivity contribution is 6.18. The fraction of sp³-hybridized carbons (Fsp3) is 0.333. The van der Waals surface area contributed by atoms with E-state index in [2.05, 4.69) is 21.5 Å². The van der Waals surface area contributed by atoms with Crippen LogP contribution in [0.5, 0.6) is 5.88 Å². The van der Waals surface area contributed by atoms with Crippen LogP contribution in [0.2, 0.25) is 0 Å². The van der Waals surface area contributed by atoms with Gasteiger partial charge < -0.3 is 14.9 Å². The van der Waals surface area contributed by atoms with Crippen molar-refractivity contribution in [2.75, 3.05) is 31.1 Å². The van der Waals surface area contributed by atoms with Crippen molar-refractivity contribution in [3.63, 3.8) is 0 Å². The highest BCUT2D eigenvalue weighted by atomic mass is 19.4. The summed E-state index contributed by atoms with van der Waals surface area (Å²) in [7, 11) is 0. The number of amides is 1. The largest absolute Gasteiger partial charge is 0.493 e. The van der Waals surface area contributed by atoms with Crippen molar-refractivity contribution < 1.29 is 36.2 Å². The molecule has 0 spiro atoms. The van der Waals surface area contributed by atoms with E-state index in [4.69, 9.17) is 0 Å². The van der Waals surface area contributed by atoms with E-state index in [0.717, 1.165) is 6.20 Å². The molecule has 3 rings (SSSR count). The molecular formula is C18H15F6N5O2. The zero-order valence-corrected chi connectivity index (χ0v) is 15.7. The summed E-state index contributed by atoms with van der Waals surface area (Å²) in [6, 6.07) is 0.592. The van der Waals surface area contributed by atoms with Crippen molar-refractivity contribution in [2.24, 2.45) is 0 Å². The number of carbonyl (C=O) groups is 1. The maximum Gasteiger partial charge on any atom is 0.421 e. The van der Waals surface area contributed by atoms with Crippen molar-refractivity contribution in [3.8, 4) is 5.88 Å². The van der Waals surface area contributed by atoms with Gasteiger partial charge in [0.25, 0.3) is 5.91 Å². The van der Waals surface area contributed by atoms with Crippen LogP contribution in [0.1, 0.15) is 16.7 Å². The molecule has 13 heteroatoms. The molecule has 2 aromatic rings. The Bertz CT molecular complexity index is 982. The second-order valence-electron chi connectivity index (χ2n) is 6.62.